The van der Waals surface area contributed by atoms with E-state index < -0.39 is 0 Å². The summed E-state index contributed by atoms with van der Waals surface area (Å²) < 4.78 is 8.89. The fraction of sp³-hybridized carbons (Fsp3) is 0.304. The number of ether oxygens (including phenoxy) is 1. The van der Waals surface area contributed by atoms with Crippen molar-refractivity contribution in [1.82, 2.24) is 14.5 Å². The highest BCUT2D eigenvalue weighted by Gasteiger charge is 2.31. The Balaban J connectivity index is 1.64. The van der Waals surface area contributed by atoms with Crippen LogP contribution in [0.5, 0.6) is 0 Å². The van der Waals surface area contributed by atoms with Crippen LogP contribution in [0.1, 0.15) is 24.6 Å². The maximum absolute atomic E-state index is 6.46. The van der Waals surface area contributed by atoms with Crippen molar-refractivity contribution in [3.63, 3.8) is 0 Å². The van der Waals surface area contributed by atoms with E-state index in [-0.39, 0.29) is 0 Å². The summed E-state index contributed by atoms with van der Waals surface area (Å²) in [6, 6.07) is 12.5. The molecule has 1 aliphatic heterocycles. The van der Waals surface area contributed by atoms with Gasteiger partial charge >= 0.3 is 0 Å². The van der Waals surface area contributed by atoms with Gasteiger partial charge in [-0.3, -0.25) is 9.55 Å². The van der Waals surface area contributed by atoms with E-state index in [1.54, 1.807) is 0 Å². The van der Waals surface area contributed by atoms with Gasteiger partial charge in [-0.2, -0.15) is 0 Å². The predicted octanol–water partition coefficient (Wildman–Crippen LogP) is 5.70. The number of hydrogen-bond acceptors (Lipinski definition) is 4. The summed E-state index contributed by atoms with van der Waals surface area (Å²) in [6.45, 7) is 3.32. The molecule has 1 aliphatic carbocycles. The summed E-state index contributed by atoms with van der Waals surface area (Å²) in [7, 11) is 0. The van der Waals surface area contributed by atoms with E-state index in [0.717, 1.165) is 64.2 Å². The Bertz CT molecular complexity index is 1280. The van der Waals surface area contributed by atoms with Gasteiger partial charge in [0, 0.05) is 40.8 Å². The summed E-state index contributed by atoms with van der Waals surface area (Å²) >= 11 is 10.3. The zero-order chi connectivity index (χ0) is 20.2. The van der Waals surface area contributed by atoms with Gasteiger partial charge in [0.25, 0.3) is 0 Å². The van der Waals surface area contributed by atoms with Crippen molar-refractivity contribution in [3.8, 4) is 5.69 Å². The third-order valence-electron chi connectivity index (χ3n) is 5.98. The molecule has 30 heavy (non-hydrogen) atoms. The number of benzene rings is 2. The number of pyridine rings is 1. The molecule has 0 atom stereocenters. The monoisotopic (exact) mass is 482 g/mol. The van der Waals surface area contributed by atoms with Gasteiger partial charge in [0.05, 0.1) is 35.0 Å². The third-order valence-corrected chi connectivity index (χ3v) is 6.89. The lowest BCUT2D eigenvalue weighted by molar-refractivity contribution is 0.122. The minimum atomic E-state index is 0.499. The molecule has 2 aromatic carbocycles. The summed E-state index contributed by atoms with van der Waals surface area (Å²) in [5.41, 5.74) is 5.21. The second-order valence-corrected chi connectivity index (χ2v) is 9.20. The maximum atomic E-state index is 6.46. The van der Waals surface area contributed by atoms with Gasteiger partial charge in [0.1, 0.15) is 11.3 Å². The zero-order valence-corrected chi connectivity index (χ0v) is 18.7. The van der Waals surface area contributed by atoms with Crippen LogP contribution in [0.2, 0.25) is 5.02 Å². The third kappa shape index (κ3) is 3.01. The summed E-state index contributed by atoms with van der Waals surface area (Å²) in [6.07, 6.45) is 4.20. The number of nitrogens with zero attached hydrogens (tertiary/aromatic N) is 4. The van der Waals surface area contributed by atoms with Gasteiger partial charge in [0.2, 0.25) is 0 Å². The van der Waals surface area contributed by atoms with Crippen LogP contribution < -0.4 is 4.90 Å². The number of halogens is 2. The lowest BCUT2D eigenvalue weighted by Crippen LogP contribution is -2.36. The van der Waals surface area contributed by atoms with Crippen molar-refractivity contribution in [1.29, 1.82) is 0 Å². The van der Waals surface area contributed by atoms with Crippen LogP contribution in [0.4, 0.5) is 5.69 Å². The number of anilines is 1. The first kappa shape index (κ1) is 18.6. The molecule has 2 aromatic heterocycles. The second kappa shape index (κ2) is 7.22. The van der Waals surface area contributed by atoms with E-state index in [0.29, 0.717) is 10.9 Å². The van der Waals surface area contributed by atoms with Gasteiger partial charge in [0.15, 0.2) is 0 Å². The van der Waals surface area contributed by atoms with Crippen LogP contribution in [-0.4, -0.2) is 40.8 Å². The molecule has 4 aromatic rings. The number of morpholine rings is 1. The molecule has 6 rings (SSSR count). The van der Waals surface area contributed by atoms with E-state index in [9.17, 15) is 0 Å². The van der Waals surface area contributed by atoms with Gasteiger partial charge < -0.3 is 9.64 Å². The zero-order valence-electron chi connectivity index (χ0n) is 16.3. The molecule has 0 unspecified atom stereocenters. The Morgan fingerprint density at radius 2 is 1.90 bits per heavy atom. The lowest BCUT2D eigenvalue weighted by atomic mass is 10.1. The SMILES string of the molecule is Clc1cccc2c(-n3c(C4CC4)nc4c(Br)cc(N5CCOCC5)cc43)ccnc12. The number of para-hydroxylation sites is 1. The normalized spacial score (nSPS) is 17.2. The van der Waals surface area contributed by atoms with Gasteiger partial charge in [-0.05, 0) is 53.0 Å². The topological polar surface area (TPSA) is 43.2 Å². The van der Waals surface area contributed by atoms with E-state index >= 15 is 0 Å². The first-order valence-electron chi connectivity index (χ1n) is 10.3. The molecule has 2 fully saturated rings. The highest BCUT2D eigenvalue weighted by atomic mass is 79.9. The van der Waals surface area contributed by atoms with Crippen LogP contribution in [-0.2, 0) is 4.74 Å². The van der Waals surface area contributed by atoms with Crippen molar-refractivity contribution in [2.24, 2.45) is 0 Å². The number of hydrogen-bond donors (Lipinski definition) is 0. The van der Waals surface area contributed by atoms with Crippen molar-refractivity contribution in [3.05, 3.63) is 57.9 Å². The highest BCUT2D eigenvalue weighted by molar-refractivity contribution is 9.10. The molecular formula is C23H20BrClN4O. The average molecular weight is 484 g/mol. The minimum Gasteiger partial charge on any atom is -0.378 e. The fourth-order valence-corrected chi connectivity index (χ4v) is 5.08. The van der Waals surface area contributed by atoms with Crippen LogP contribution >= 0.6 is 27.5 Å². The molecule has 0 amide bonds. The van der Waals surface area contributed by atoms with Crippen molar-refractivity contribution in [2.75, 3.05) is 31.2 Å². The van der Waals surface area contributed by atoms with Crippen molar-refractivity contribution in [2.45, 2.75) is 18.8 Å². The molecular weight excluding hydrogens is 464 g/mol. The van der Waals surface area contributed by atoms with Crippen LogP contribution in [0.15, 0.2) is 47.1 Å². The molecule has 3 heterocycles. The molecule has 0 spiro atoms. The second-order valence-electron chi connectivity index (χ2n) is 7.94. The number of rotatable bonds is 3. The average Bonchev–Trinajstić information content (AvgIpc) is 3.55. The molecule has 1 saturated carbocycles. The van der Waals surface area contributed by atoms with E-state index in [2.05, 4.69) is 54.6 Å². The number of aromatic nitrogens is 3. The minimum absolute atomic E-state index is 0.499. The smallest absolute Gasteiger partial charge is 0.117 e. The van der Waals surface area contributed by atoms with E-state index in [1.165, 1.54) is 18.5 Å². The summed E-state index contributed by atoms with van der Waals surface area (Å²) in [4.78, 5) is 12.0. The number of imidazole rings is 1. The maximum Gasteiger partial charge on any atom is 0.117 e. The highest BCUT2D eigenvalue weighted by Crippen LogP contribution is 2.44. The predicted molar refractivity (Wildman–Crippen MR) is 124 cm³/mol. The van der Waals surface area contributed by atoms with Gasteiger partial charge in [-0.15, -0.1) is 0 Å². The summed E-state index contributed by atoms with van der Waals surface area (Å²) in [5.74, 6) is 1.62. The molecule has 5 nitrogen and oxygen atoms in total. The van der Waals surface area contributed by atoms with Crippen LogP contribution in [0.3, 0.4) is 0 Å². The Hall–Kier alpha value is -2.15. The Labute approximate surface area is 187 Å². The molecule has 1 saturated heterocycles. The van der Waals surface area contributed by atoms with Gasteiger partial charge in [-0.25, -0.2) is 4.98 Å². The Kier molecular flexibility index (Phi) is 4.48. The quantitative estimate of drug-likeness (QED) is 0.375. The van der Waals surface area contributed by atoms with Crippen LogP contribution in [0, 0.1) is 0 Å². The molecule has 0 N–H and O–H groups in total. The van der Waals surface area contributed by atoms with E-state index in [1.807, 2.05) is 18.3 Å². The fourth-order valence-electron chi connectivity index (χ4n) is 4.33. The largest absolute Gasteiger partial charge is 0.378 e. The molecule has 0 radical (unpaired) electrons. The molecule has 152 valence electrons. The van der Waals surface area contributed by atoms with Crippen molar-refractivity contribution >= 4 is 55.2 Å². The Morgan fingerprint density at radius 3 is 2.70 bits per heavy atom. The lowest BCUT2D eigenvalue weighted by Gasteiger charge is -2.29. The van der Waals surface area contributed by atoms with Crippen LogP contribution in [0.25, 0.3) is 27.6 Å². The van der Waals surface area contributed by atoms with Gasteiger partial charge in [-0.1, -0.05) is 23.7 Å². The standard InChI is InChI=1S/C23H20BrClN4O/c24-17-12-15(28-8-10-30-11-9-28)13-20-22(17)27-23(14-4-5-14)29(20)19-6-7-26-21-16(19)2-1-3-18(21)25/h1-3,6-7,12-14H,4-5,8-11H2. The first-order valence-corrected chi connectivity index (χ1v) is 11.5. The Morgan fingerprint density at radius 1 is 1.07 bits per heavy atom. The molecule has 2 aliphatic rings. The molecule has 7 heteroatoms. The van der Waals surface area contributed by atoms with E-state index in [4.69, 9.17) is 21.3 Å². The summed E-state index contributed by atoms with van der Waals surface area (Å²) in [5, 5.41) is 1.71. The first-order chi connectivity index (χ1) is 14.7. The van der Waals surface area contributed by atoms with Crippen molar-refractivity contribution < 1.29 is 4.74 Å². The molecule has 0 bridgehead atoms. The number of fused-ring (bicyclic) bond motifs is 2.